The molecule has 0 saturated carbocycles. The van der Waals surface area contributed by atoms with Crippen LogP contribution in [-0.2, 0) is 16.0 Å². The van der Waals surface area contributed by atoms with Crippen molar-refractivity contribution in [2.24, 2.45) is 0 Å². The van der Waals surface area contributed by atoms with Crippen molar-refractivity contribution >= 4 is 44.2 Å². The Morgan fingerprint density at radius 1 is 1.03 bits per heavy atom. The van der Waals surface area contributed by atoms with Gasteiger partial charge in [-0.05, 0) is 47.7 Å². The monoisotopic (exact) mass is 519 g/mol. The molecule has 3 aromatic carbocycles. The van der Waals surface area contributed by atoms with E-state index in [4.69, 9.17) is 21.3 Å². The number of anilines is 1. The molecule has 0 spiro atoms. The molecule has 5 nitrogen and oxygen atoms in total. The first-order valence-electron chi connectivity index (χ1n) is 12.4. The topological polar surface area (TPSA) is 45.7 Å². The van der Waals surface area contributed by atoms with E-state index in [-0.39, 0.29) is 5.91 Å². The number of aromatic nitrogens is 1. The molecule has 0 atom stereocenters. The maximum atomic E-state index is 13.6. The van der Waals surface area contributed by atoms with Crippen LogP contribution in [0.2, 0.25) is 5.02 Å². The van der Waals surface area contributed by atoms with E-state index in [1.807, 2.05) is 42.2 Å². The van der Waals surface area contributed by atoms with E-state index in [1.165, 1.54) is 5.56 Å². The molecule has 0 unspecified atom stereocenters. The van der Waals surface area contributed by atoms with E-state index in [1.54, 1.807) is 11.3 Å². The fourth-order valence-electron chi connectivity index (χ4n) is 4.52. The Hall–Kier alpha value is -2.77. The fourth-order valence-corrected chi connectivity index (χ4v) is 5.75. The first-order valence-corrected chi connectivity index (χ1v) is 13.6. The SMILES string of the molecule is Cc1c(Cl)ccc2sc(N(CCCN3CCOCC3)C(=O)Cc3ccc(-c4ccccc4)cc3)nc12. The van der Waals surface area contributed by atoms with Crippen molar-refractivity contribution in [2.75, 3.05) is 44.3 Å². The van der Waals surface area contributed by atoms with Crippen LogP contribution in [0.15, 0.2) is 66.7 Å². The van der Waals surface area contributed by atoms with E-state index in [2.05, 4.69) is 41.3 Å². The van der Waals surface area contributed by atoms with E-state index >= 15 is 0 Å². The van der Waals surface area contributed by atoms with Crippen LogP contribution in [0.25, 0.3) is 21.3 Å². The van der Waals surface area contributed by atoms with Crippen LogP contribution in [0.4, 0.5) is 5.13 Å². The zero-order valence-electron chi connectivity index (χ0n) is 20.5. The van der Waals surface area contributed by atoms with Gasteiger partial charge in [-0.1, -0.05) is 77.5 Å². The number of halogens is 1. The van der Waals surface area contributed by atoms with Crippen molar-refractivity contribution < 1.29 is 9.53 Å². The number of rotatable bonds is 8. The van der Waals surface area contributed by atoms with E-state index in [0.29, 0.717) is 18.0 Å². The minimum Gasteiger partial charge on any atom is -0.379 e. The zero-order valence-corrected chi connectivity index (χ0v) is 22.0. The van der Waals surface area contributed by atoms with Gasteiger partial charge in [0.25, 0.3) is 0 Å². The Bertz CT molecular complexity index is 1320. The summed E-state index contributed by atoms with van der Waals surface area (Å²) in [5.74, 6) is 0.0623. The number of fused-ring (bicyclic) bond motifs is 1. The number of hydrogen-bond donors (Lipinski definition) is 0. The second-order valence-electron chi connectivity index (χ2n) is 9.11. The number of hydrogen-bond acceptors (Lipinski definition) is 5. The Labute approximate surface area is 221 Å². The van der Waals surface area contributed by atoms with Gasteiger partial charge in [0, 0.05) is 31.2 Å². The number of benzene rings is 3. The van der Waals surface area contributed by atoms with Crippen molar-refractivity contribution in [1.82, 2.24) is 9.88 Å². The first-order chi connectivity index (χ1) is 17.6. The van der Waals surface area contributed by atoms with Crippen LogP contribution >= 0.6 is 22.9 Å². The van der Waals surface area contributed by atoms with E-state index in [0.717, 1.165) is 71.3 Å². The first kappa shape index (κ1) is 24.9. The normalized spacial score (nSPS) is 14.3. The molecule has 1 aliphatic heterocycles. The minimum absolute atomic E-state index is 0.0623. The molecule has 5 rings (SSSR count). The maximum absolute atomic E-state index is 13.6. The Balaban J connectivity index is 1.34. The predicted molar refractivity (Wildman–Crippen MR) is 149 cm³/mol. The summed E-state index contributed by atoms with van der Waals surface area (Å²) in [4.78, 5) is 22.7. The number of nitrogens with zero attached hydrogens (tertiary/aromatic N) is 3. The largest absolute Gasteiger partial charge is 0.379 e. The lowest BCUT2D eigenvalue weighted by molar-refractivity contribution is -0.118. The number of carbonyl (C=O) groups excluding carboxylic acids is 1. The average molecular weight is 520 g/mol. The molecule has 7 heteroatoms. The van der Waals surface area contributed by atoms with Gasteiger partial charge in [0.05, 0.1) is 29.9 Å². The Morgan fingerprint density at radius 3 is 2.50 bits per heavy atom. The molecular weight excluding hydrogens is 490 g/mol. The number of aryl methyl sites for hydroxylation is 1. The van der Waals surface area contributed by atoms with Gasteiger partial charge in [-0.15, -0.1) is 0 Å². The molecule has 0 radical (unpaired) electrons. The minimum atomic E-state index is 0.0623. The summed E-state index contributed by atoms with van der Waals surface area (Å²) in [5.41, 5.74) is 5.14. The van der Waals surface area contributed by atoms with Crippen molar-refractivity contribution in [3.63, 3.8) is 0 Å². The van der Waals surface area contributed by atoms with Gasteiger partial charge in [0.2, 0.25) is 5.91 Å². The molecule has 0 N–H and O–H groups in total. The lowest BCUT2D eigenvalue weighted by atomic mass is 10.0. The summed E-state index contributed by atoms with van der Waals surface area (Å²) in [6.45, 7) is 6.99. The fraction of sp³-hybridized carbons (Fsp3) is 0.310. The van der Waals surface area contributed by atoms with Crippen LogP contribution in [0, 0.1) is 6.92 Å². The molecular formula is C29H30ClN3O2S. The number of carbonyl (C=O) groups is 1. The molecule has 36 heavy (non-hydrogen) atoms. The standard InChI is InChI=1S/C29H30ClN3O2S/c1-21-25(30)12-13-26-28(21)31-29(36-26)33(15-5-14-32-16-18-35-19-17-32)27(34)20-22-8-10-24(11-9-22)23-6-3-2-4-7-23/h2-4,6-13H,5,14-20H2,1H3. The molecule has 2 heterocycles. The lowest BCUT2D eigenvalue weighted by Gasteiger charge is -2.27. The highest BCUT2D eigenvalue weighted by molar-refractivity contribution is 7.22. The summed E-state index contributed by atoms with van der Waals surface area (Å²) in [7, 11) is 0. The Morgan fingerprint density at radius 2 is 1.75 bits per heavy atom. The highest BCUT2D eigenvalue weighted by atomic mass is 35.5. The van der Waals surface area contributed by atoms with Gasteiger partial charge in [-0.3, -0.25) is 14.6 Å². The summed E-state index contributed by atoms with van der Waals surface area (Å²) in [6.07, 6.45) is 1.22. The summed E-state index contributed by atoms with van der Waals surface area (Å²) in [5, 5.41) is 1.44. The molecule has 0 aliphatic carbocycles. The van der Waals surface area contributed by atoms with E-state index in [9.17, 15) is 4.79 Å². The quantitative estimate of drug-likeness (QED) is 0.277. The number of amides is 1. The third-order valence-corrected chi connectivity index (χ3v) is 8.10. The molecule has 1 fully saturated rings. The van der Waals surface area contributed by atoms with Gasteiger partial charge in [0.15, 0.2) is 5.13 Å². The molecule has 1 aromatic heterocycles. The third kappa shape index (κ3) is 5.79. The smallest absolute Gasteiger partial charge is 0.233 e. The van der Waals surface area contributed by atoms with Gasteiger partial charge in [-0.2, -0.15) is 0 Å². The zero-order chi connectivity index (χ0) is 24.9. The van der Waals surface area contributed by atoms with Crippen LogP contribution in [0.3, 0.4) is 0 Å². The van der Waals surface area contributed by atoms with Crippen LogP contribution in [0.5, 0.6) is 0 Å². The van der Waals surface area contributed by atoms with Crippen molar-refractivity contribution in [1.29, 1.82) is 0 Å². The second-order valence-corrected chi connectivity index (χ2v) is 10.5. The second kappa shape index (κ2) is 11.5. The van der Waals surface area contributed by atoms with Crippen LogP contribution < -0.4 is 4.90 Å². The number of morpholine rings is 1. The summed E-state index contributed by atoms with van der Waals surface area (Å²) in [6, 6.07) is 22.4. The van der Waals surface area contributed by atoms with Crippen LogP contribution in [-0.4, -0.2) is 55.2 Å². The predicted octanol–water partition coefficient (Wildman–Crippen LogP) is 6.22. The van der Waals surface area contributed by atoms with Gasteiger partial charge < -0.3 is 4.74 Å². The number of ether oxygens (including phenoxy) is 1. The Kier molecular flexibility index (Phi) is 7.97. The van der Waals surface area contributed by atoms with Gasteiger partial charge in [0.1, 0.15) is 0 Å². The molecule has 1 amide bonds. The summed E-state index contributed by atoms with van der Waals surface area (Å²) < 4.78 is 6.51. The van der Waals surface area contributed by atoms with Gasteiger partial charge in [-0.25, -0.2) is 4.98 Å². The molecule has 4 aromatic rings. The van der Waals surface area contributed by atoms with Gasteiger partial charge >= 0.3 is 0 Å². The summed E-state index contributed by atoms with van der Waals surface area (Å²) >= 11 is 7.90. The maximum Gasteiger partial charge on any atom is 0.233 e. The van der Waals surface area contributed by atoms with Crippen molar-refractivity contribution in [2.45, 2.75) is 19.8 Å². The number of thiazole rings is 1. The highest BCUT2D eigenvalue weighted by Crippen LogP contribution is 2.34. The van der Waals surface area contributed by atoms with Crippen molar-refractivity contribution in [3.05, 3.63) is 82.9 Å². The van der Waals surface area contributed by atoms with Crippen LogP contribution in [0.1, 0.15) is 17.5 Å². The van der Waals surface area contributed by atoms with Crippen molar-refractivity contribution in [3.8, 4) is 11.1 Å². The van der Waals surface area contributed by atoms with E-state index < -0.39 is 0 Å². The molecule has 0 bridgehead atoms. The highest BCUT2D eigenvalue weighted by Gasteiger charge is 2.22. The third-order valence-electron chi connectivity index (χ3n) is 6.64. The lowest BCUT2D eigenvalue weighted by Crippen LogP contribution is -2.39. The molecule has 1 saturated heterocycles. The average Bonchev–Trinajstić information content (AvgIpc) is 3.35. The molecule has 186 valence electrons. The molecule has 1 aliphatic rings.